The summed E-state index contributed by atoms with van der Waals surface area (Å²) in [4.78, 5) is 10.7. The zero-order chi connectivity index (χ0) is 21.9. The van der Waals surface area contributed by atoms with Gasteiger partial charge >= 0.3 is 0 Å². The van der Waals surface area contributed by atoms with E-state index in [-0.39, 0.29) is 22.5 Å². The maximum absolute atomic E-state index is 13.2. The van der Waals surface area contributed by atoms with E-state index in [1.54, 1.807) is 7.11 Å². The molecule has 162 valence electrons. The van der Waals surface area contributed by atoms with Crippen LogP contribution in [0.15, 0.2) is 47.4 Å². The number of rotatable bonds is 8. The fourth-order valence-electron chi connectivity index (χ4n) is 3.64. The standard InChI is InChI=1S/C21H27N3O5S/c1-15(2)21(16-6-9-18(29-3)10-7-16)22-19-11-8-17(24(25)26)14-20(19)30(27,28)23-12-4-5-13-23/h6-11,14-15,21-22H,4-5,12-13H2,1-3H3. The molecule has 1 aliphatic rings. The molecule has 0 spiro atoms. The number of hydrogen-bond acceptors (Lipinski definition) is 6. The van der Waals surface area contributed by atoms with Crippen LogP contribution < -0.4 is 10.1 Å². The number of nitro groups is 1. The summed E-state index contributed by atoms with van der Waals surface area (Å²) in [5.74, 6) is 0.866. The SMILES string of the molecule is COc1ccc(C(Nc2ccc([N+](=O)[O-])cc2S(=O)(=O)N2CCCC2)C(C)C)cc1. The van der Waals surface area contributed by atoms with Gasteiger partial charge in [0.05, 0.1) is 23.8 Å². The van der Waals surface area contributed by atoms with Crippen molar-refractivity contribution in [3.63, 3.8) is 0 Å². The van der Waals surface area contributed by atoms with Gasteiger partial charge in [-0.3, -0.25) is 10.1 Å². The lowest BCUT2D eigenvalue weighted by molar-refractivity contribution is -0.385. The van der Waals surface area contributed by atoms with Crippen LogP contribution in [0.1, 0.15) is 38.3 Å². The minimum absolute atomic E-state index is 0.0576. The minimum atomic E-state index is -3.84. The molecule has 1 saturated heterocycles. The smallest absolute Gasteiger partial charge is 0.270 e. The molecule has 8 nitrogen and oxygen atoms in total. The Morgan fingerprint density at radius 2 is 1.73 bits per heavy atom. The third-order valence-corrected chi connectivity index (χ3v) is 7.25. The van der Waals surface area contributed by atoms with E-state index < -0.39 is 14.9 Å². The second-order valence-corrected chi connectivity index (χ2v) is 9.59. The van der Waals surface area contributed by atoms with Crippen LogP contribution in [0, 0.1) is 16.0 Å². The molecule has 30 heavy (non-hydrogen) atoms. The van der Waals surface area contributed by atoms with Crippen LogP contribution in [0.3, 0.4) is 0 Å². The molecule has 0 saturated carbocycles. The number of hydrogen-bond donors (Lipinski definition) is 1. The third kappa shape index (κ3) is 4.57. The van der Waals surface area contributed by atoms with Gasteiger partial charge < -0.3 is 10.1 Å². The highest BCUT2D eigenvalue weighted by Gasteiger charge is 2.32. The van der Waals surface area contributed by atoms with Gasteiger partial charge in [0.25, 0.3) is 5.69 Å². The molecule has 1 unspecified atom stereocenters. The number of non-ortho nitro benzene ring substituents is 1. The molecule has 2 aromatic rings. The van der Waals surface area contributed by atoms with E-state index in [9.17, 15) is 18.5 Å². The number of anilines is 1. The van der Waals surface area contributed by atoms with E-state index in [4.69, 9.17) is 4.74 Å². The van der Waals surface area contributed by atoms with Gasteiger partial charge in [0.15, 0.2) is 0 Å². The van der Waals surface area contributed by atoms with E-state index >= 15 is 0 Å². The second-order valence-electron chi connectivity index (χ2n) is 7.69. The van der Waals surface area contributed by atoms with Crippen molar-refractivity contribution in [1.82, 2.24) is 4.31 Å². The molecule has 0 amide bonds. The third-order valence-electron chi connectivity index (χ3n) is 5.31. The molecule has 0 radical (unpaired) electrons. The summed E-state index contributed by atoms with van der Waals surface area (Å²) in [7, 11) is -2.25. The lowest BCUT2D eigenvalue weighted by Gasteiger charge is -2.26. The maximum Gasteiger partial charge on any atom is 0.270 e. The number of nitro benzene ring substituents is 1. The number of ether oxygens (including phenoxy) is 1. The number of nitrogens with one attached hydrogen (secondary N) is 1. The van der Waals surface area contributed by atoms with E-state index in [1.807, 2.05) is 38.1 Å². The Bertz CT molecular complexity index is 1000. The van der Waals surface area contributed by atoms with Gasteiger partial charge in [0.2, 0.25) is 10.0 Å². The van der Waals surface area contributed by atoms with E-state index in [1.165, 1.54) is 16.4 Å². The lowest BCUT2D eigenvalue weighted by Crippen LogP contribution is -2.29. The largest absolute Gasteiger partial charge is 0.497 e. The number of methoxy groups -OCH3 is 1. The fraction of sp³-hybridized carbons (Fsp3) is 0.429. The van der Waals surface area contributed by atoms with Crippen LogP contribution in [0.5, 0.6) is 5.75 Å². The summed E-state index contributed by atoms with van der Waals surface area (Å²) in [6, 6.07) is 11.3. The molecule has 3 rings (SSSR count). The molecule has 0 aliphatic carbocycles. The molecule has 1 aliphatic heterocycles. The molecular weight excluding hydrogens is 406 g/mol. The highest BCUT2D eigenvalue weighted by Crippen LogP contribution is 2.35. The zero-order valence-electron chi connectivity index (χ0n) is 17.4. The highest BCUT2D eigenvalue weighted by molar-refractivity contribution is 7.89. The molecule has 0 bridgehead atoms. The highest BCUT2D eigenvalue weighted by atomic mass is 32.2. The molecule has 2 aromatic carbocycles. The number of sulfonamides is 1. The fourth-order valence-corrected chi connectivity index (χ4v) is 5.33. The van der Waals surface area contributed by atoms with E-state index in [2.05, 4.69) is 5.32 Å². The molecule has 1 heterocycles. The monoisotopic (exact) mass is 433 g/mol. The molecular formula is C21H27N3O5S. The quantitative estimate of drug-likeness (QED) is 0.495. The van der Waals surface area contributed by atoms with Gasteiger partial charge in [-0.2, -0.15) is 4.31 Å². The van der Waals surface area contributed by atoms with Crippen LogP contribution in [0.4, 0.5) is 11.4 Å². The van der Waals surface area contributed by atoms with Crippen LogP contribution in [0.2, 0.25) is 0 Å². The topological polar surface area (TPSA) is 102 Å². The van der Waals surface area contributed by atoms with Crippen molar-refractivity contribution in [3.05, 3.63) is 58.1 Å². The maximum atomic E-state index is 13.2. The summed E-state index contributed by atoms with van der Waals surface area (Å²) >= 11 is 0. The van der Waals surface area contributed by atoms with Crippen molar-refractivity contribution < 1.29 is 18.1 Å². The number of nitrogens with zero attached hydrogens (tertiary/aromatic N) is 2. The molecule has 0 aromatic heterocycles. The van der Waals surface area contributed by atoms with Crippen LogP contribution >= 0.6 is 0 Å². The van der Waals surface area contributed by atoms with Crippen LogP contribution in [-0.4, -0.2) is 37.8 Å². The first kappa shape index (κ1) is 22.0. The predicted molar refractivity (Wildman–Crippen MR) is 115 cm³/mol. The Hall–Kier alpha value is -2.65. The second kappa shape index (κ2) is 9.01. The van der Waals surface area contributed by atoms with E-state index in [0.29, 0.717) is 18.8 Å². The average Bonchev–Trinajstić information content (AvgIpc) is 3.27. The summed E-state index contributed by atoms with van der Waals surface area (Å²) in [5.41, 5.74) is 1.08. The van der Waals surface area contributed by atoms with Gasteiger partial charge in [-0.05, 0) is 42.5 Å². The van der Waals surface area contributed by atoms with Crippen LogP contribution in [0.25, 0.3) is 0 Å². The average molecular weight is 434 g/mol. The molecule has 1 fully saturated rings. The Morgan fingerprint density at radius 3 is 2.27 bits per heavy atom. The Balaban J connectivity index is 2.03. The molecule has 1 atom stereocenters. The Morgan fingerprint density at radius 1 is 1.10 bits per heavy atom. The first-order valence-electron chi connectivity index (χ1n) is 9.93. The summed E-state index contributed by atoms with van der Waals surface area (Å²) < 4.78 is 33.1. The van der Waals surface area contributed by atoms with Crippen LogP contribution in [-0.2, 0) is 10.0 Å². The summed E-state index contributed by atoms with van der Waals surface area (Å²) in [6.45, 7) is 4.91. The van der Waals surface area contributed by atoms with E-state index in [0.717, 1.165) is 30.2 Å². The zero-order valence-corrected chi connectivity index (χ0v) is 18.2. The van der Waals surface area contributed by atoms with Gasteiger partial charge in [-0.15, -0.1) is 0 Å². The van der Waals surface area contributed by atoms with Gasteiger partial charge in [0.1, 0.15) is 10.6 Å². The summed E-state index contributed by atoms with van der Waals surface area (Å²) in [6.07, 6.45) is 1.58. The van der Waals surface area contributed by atoms with Gasteiger partial charge in [-0.25, -0.2) is 8.42 Å². The normalized spacial score (nSPS) is 15.9. The minimum Gasteiger partial charge on any atom is -0.497 e. The first-order valence-corrected chi connectivity index (χ1v) is 11.4. The van der Waals surface area contributed by atoms with Gasteiger partial charge in [0, 0.05) is 25.2 Å². The van der Waals surface area contributed by atoms with Crippen molar-refractivity contribution in [1.29, 1.82) is 0 Å². The van der Waals surface area contributed by atoms with Crippen molar-refractivity contribution in [3.8, 4) is 5.75 Å². The van der Waals surface area contributed by atoms with Gasteiger partial charge in [-0.1, -0.05) is 26.0 Å². The Kier molecular flexibility index (Phi) is 6.62. The number of benzene rings is 2. The Labute approximate surface area is 177 Å². The molecule has 1 N–H and O–H groups in total. The summed E-state index contributed by atoms with van der Waals surface area (Å²) in [5, 5.41) is 14.6. The van der Waals surface area contributed by atoms with Crippen molar-refractivity contribution in [2.75, 3.05) is 25.5 Å². The lowest BCUT2D eigenvalue weighted by atomic mass is 9.95. The molecule has 9 heteroatoms. The van der Waals surface area contributed by atoms with Crippen molar-refractivity contribution in [2.45, 2.75) is 37.6 Å². The van der Waals surface area contributed by atoms with Crippen molar-refractivity contribution in [2.24, 2.45) is 5.92 Å². The van der Waals surface area contributed by atoms with Crippen molar-refractivity contribution >= 4 is 21.4 Å². The first-order chi connectivity index (χ1) is 14.2. The predicted octanol–water partition coefficient (Wildman–Crippen LogP) is 4.20.